The number of aliphatic hydroxyl groups excluding tert-OH is 1. The summed E-state index contributed by atoms with van der Waals surface area (Å²) in [6, 6.07) is 7.71. The Kier molecular flexibility index (Phi) is 7.60. The van der Waals surface area contributed by atoms with Gasteiger partial charge in [-0.25, -0.2) is 4.98 Å². The Morgan fingerprint density at radius 1 is 1.04 bits per heavy atom. The number of rotatable bonds is 10. The van der Waals surface area contributed by atoms with E-state index in [0.29, 0.717) is 11.6 Å². The highest BCUT2D eigenvalue weighted by Crippen LogP contribution is 2.31. The first-order chi connectivity index (χ1) is 11.7. The van der Waals surface area contributed by atoms with E-state index in [1.165, 1.54) is 19.3 Å². The summed E-state index contributed by atoms with van der Waals surface area (Å²) in [5.74, 6) is 1.68. The van der Waals surface area contributed by atoms with E-state index in [9.17, 15) is 0 Å². The zero-order chi connectivity index (χ0) is 17.4. The van der Waals surface area contributed by atoms with Crippen LogP contribution in [-0.2, 0) is 0 Å². The summed E-state index contributed by atoms with van der Waals surface area (Å²) in [7, 11) is 3.72. The molecule has 1 aromatic heterocycles. The molecule has 0 aliphatic carbocycles. The van der Waals surface area contributed by atoms with E-state index >= 15 is 0 Å². The normalized spacial score (nSPS) is 11.0. The van der Waals surface area contributed by atoms with E-state index < -0.39 is 0 Å². The lowest BCUT2D eigenvalue weighted by Gasteiger charge is -2.19. The van der Waals surface area contributed by atoms with Gasteiger partial charge in [-0.1, -0.05) is 37.3 Å². The van der Waals surface area contributed by atoms with Crippen LogP contribution in [0.25, 0.3) is 10.9 Å². The molecule has 5 heteroatoms. The highest BCUT2D eigenvalue weighted by Gasteiger charge is 2.10. The van der Waals surface area contributed by atoms with Crippen LogP contribution in [0, 0.1) is 0 Å². The second kappa shape index (κ2) is 9.70. The molecule has 0 bridgehead atoms. The molecule has 0 radical (unpaired) electrons. The number of aliphatic hydroxyl groups is 1. The summed E-state index contributed by atoms with van der Waals surface area (Å²) in [6.07, 6.45) is 6.82. The molecule has 2 aromatic rings. The van der Waals surface area contributed by atoms with Crippen molar-refractivity contribution in [3.63, 3.8) is 0 Å². The molecule has 0 saturated carbocycles. The Morgan fingerprint density at radius 3 is 2.46 bits per heavy atom. The number of fused-ring (bicyclic) bond motifs is 1. The number of halogens is 1. The molecule has 132 valence electrons. The highest BCUT2D eigenvalue weighted by molar-refractivity contribution is 6.35. The number of benzene rings is 1. The zero-order valence-electron chi connectivity index (χ0n) is 14.6. The van der Waals surface area contributed by atoms with E-state index in [0.717, 1.165) is 48.3 Å². The standard InChI is InChI=1S/C19H27ClN2O2/c1-22(13-7-5-3-4-6-8-14-23)18-12-9-15-16(20)10-11-17(24-2)19(15)21-18/h9-12,23H,3-8,13-14H2,1-2H3. The first-order valence-corrected chi connectivity index (χ1v) is 9.00. The molecule has 0 aliphatic heterocycles. The van der Waals surface area contributed by atoms with Crippen LogP contribution in [0.1, 0.15) is 38.5 Å². The maximum absolute atomic E-state index is 8.77. The first kappa shape index (κ1) is 18.8. The largest absolute Gasteiger partial charge is 0.494 e. The van der Waals surface area contributed by atoms with Gasteiger partial charge in [-0.15, -0.1) is 0 Å². The predicted octanol–water partition coefficient (Wildman–Crippen LogP) is 4.67. The fourth-order valence-corrected chi connectivity index (χ4v) is 3.02. The SMILES string of the molecule is COc1ccc(Cl)c2ccc(N(C)CCCCCCCCO)nc12. The molecule has 0 saturated heterocycles. The molecule has 1 heterocycles. The van der Waals surface area contributed by atoms with Gasteiger partial charge in [0.1, 0.15) is 17.1 Å². The van der Waals surface area contributed by atoms with Gasteiger partial charge in [-0.05, 0) is 37.1 Å². The van der Waals surface area contributed by atoms with E-state index in [-0.39, 0.29) is 0 Å². The molecular weight excluding hydrogens is 324 g/mol. The predicted molar refractivity (Wildman–Crippen MR) is 101 cm³/mol. The van der Waals surface area contributed by atoms with Gasteiger partial charge in [0.25, 0.3) is 0 Å². The number of anilines is 1. The van der Waals surface area contributed by atoms with Gasteiger partial charge in [0, 0.05) is 25.6 Å². The summed E-state index contributed by atoms with van der Waals surface area (Å²) in [6.45, 7) is 1.28. The molecule has 2 rings (SSSR count). The van der Waals surface area contributed by atoms with Gasteiger partial charge < -0.3 is 14.7 Å². The van der Waals surface area contributed by atoms with Crippen molar-refractivity contribution >= 4 is 28.3 Å². The van der Waals surface area contributed by atoms with Crippen molar-refractivity contribution in [3.05, 3.63) is 29.3 Å². The van der Waals surface area contributed by atoms with Gasteiger partial charge >= 0.3 is 0 Å². The van der Waals surface area contributed by atoms with Crippen molar-refractivity contribution in [2.75, 3.05) is 32.2 Å². The van der Waals surface area contributed by atoms with E-state index in [4.69, 9.17) is 26.4 Å². The van der Waals surface area contributed by atoms with Gasteiger partial charge in [0.05, 0.1) is 12.1 Å². The molecule has 0 unspecified atom stereocenters. The first-order valence-electron chi connectivity index (χ1n) is 8.62. The average molecular weight is 351 g/mol. The summed E-state index contributed by atoms with van der Waals surface area (Å²) in [5, 5.41) is 10.4. The number of pyridine rings is 1. The third-order valence-electron chi connectivity index (χ3n) is 4.26. The Bertz CT molecular complexity index is 649. The zero-order valence-corrected chi connectivity index (χ0v) is 15.4. The van der Waals surface area contributed by atoms with Crippen molar-refractivity contribution in [1.82, 2.24) is 4.98 Å². The summed E-state index contributed by atoms with van der Waals surface area (Å²) < 4.78 is 5.41. The molecular formula is C19H27ClN2O2. The second-order valence-electron chi connectivity index (χ2n) is 6.08. The molecule has 1 aromatic carbocycles. The van der Waals surface area contributed by atoms with Crippen molar-refractivity contribution in [3.8, 4) is 5.75 Å². The van der Waals surface area contributed by atoms with Crippen LogP contribution < -0.4 is 9.64 Å². The highest BCUT2D eigenvalue weighted by atomic mass is 35.5. The number of unbranched alkanes of at least 4 members (excludes halogenated alkanes) is 5. The number of hydrogen-bond donors (Lipinski definition) is 1. The Morgan fingerprint density at radius 2 is 1.75 bits per heavy atom. The van der Waals surface area contributed by atoms with Crippen molar-refractivity contribution < 1.29 is 9.84 Å². The lowest BCUT2D eigenvalue weighted by molar-refractivity contribution is 0.282. The van der Waals surface area contributed by atoms with Gasteiger partial charge in [-0.2, -0.15) is 0 Å². The molecule has 4 nitrogen and oxygen atoms in total. The summed E-state index contributed by atoms with van der Waals surface area (Å²) in [5.41, 5.74) is 0.804. The van der Waals surface area contributed by atoms with Crippen LogP contribution in [-0.4, -0.2) is 37.4 Å². The maximum Gasteiger partial charge on any atom is 0.145 e. The molecule has 24 heavy (non-hydrogen) atoms. The minimum Gasteiger partial charge on any atom is -0.494 e. The number of nitrogens with zero attached hydrogens (tertiary/aromatic N) is 2. The van der Waals surface area contributed by atoms with Crippen LogP contribution in [0.4, 0.5) is 5.82 Å². The molecule has 0 spiro atoms. The van der Waals surface area contributed by atoms with Crippen LogP contribution >= 0.6 is 11.6 Å². The lowest BCUT2D eigenvalue weighted by atomic mass is 10.1. The number of hydrogen-bond acceptors (Lipinski definition) is 4. The van der Waals surface area contributed by atoms with Crippen molar-refractivity contribution in [2.24, 2.45) is 0 Å². The average Bonchev–Trinajstić information content (AvgIpc) is 2.61. The topological polar surface area (TPSA) is 45.6 Å². The minimum atomic E-state index is 0.309. The maximum atomic E-state index is 8.77. The van der Waals surface area contributed by atoms with Gasteiger partial charge in [0.2, 0.25) is 0 Å². The van der Waals surface area contributed by atoms with Gasteiger partial charge in [-0.3, -0.25) is 0 Å². The third-order valence-corrected chi connectivity index (χ3v) is 4.59. The van der Waals surface area contributed by atoms with Crippen LogP contribution in [0.15, 0.2) is 24.3 Å². The van der Waals surface area contributed by atoms with Crippen LogP contribution in [0.3, 0.4) is 0 Å². The third kappa shape index (κ3) is 4.99. The lowest BCUT2D eigenvalue weighted by Crippen LogP contribution is -2.19. The molecule has 0 atom stereocenters. The summed E-state index contributed by atoms with van der Waals surface area (Å²) >= 11 is 6.25. The van der Waals surface area contributed by atoms with Gasteiger partial charge in [0.15, 0.2) is 0 Å². The van der Waals surface area contributed by atoms with E-state index in [1.807, 2.05) is 24.3 Å². The van der Waals surface area contributed by atoms with E-state index in [2.05, 4.69) is 11.9 Å². The Balaban J connectivity index is 1.93. The second-order valence-corrected chi connectivity index (χ2v) is 6.49. The fraction of sp³-hybridized carbons (Fsp3) is 0.526. The van der Waals surface area contributed by atoms with Crippen LogP contribution in [0.2, 0.25) is 5.02 Å². The molecule has 0 fully saturated rings. The fourth-order valence-electron chi connectivity index (χ4n) is 2.81. The summed E-state index contributed by atoms with van der Waals surface area (Å²) in [4.78, 5) is 6.91. The van der Waals surface area contributed by atoms with Crippen molar-refractivity contribution in [1.29, 1.82) is 0 Å². The van der Waals surface area contributed by atoms with E-state index in [1.54, 1.807) is 7.11 Å². The smallest absolute Gasteiger partial charge is 0.145 e. The Hall–Kier alpha value is -1.52. The quantitative estimate of drug-likeness (QED) is 0.633. The number of aromatic nitrogens is 1. The number of ether oxygens (including phenoxy) is 1. The minimum absolute atomic E-state index is 0.309. The molecule has 0 aliphatic rings. The van der Waals surface area contributed by atoms with Crippen LogP contribution in [0.5, 0.6) is 5.75 Å². The molecule has 1 N–H and O–H groups in total. The Labute approximate surface area is 149 Å². The molecule has 0 amide bonds. The van der Waals surface area contributed by atoms with Crippen molar-refractivity contribution in [2.45, 2.75) is 38.5 Å². The monoisotopic (exact) mass is 350 g/mol. The number of methoxy groups -OCH3 is 1.